The van der Waals surface area contributed by atoms with Gasteiger partial charge in [-0.2, -0.15) is 0 Å². The van der Waals surface area contributed by atoms with Gasteiger partial charge in [0.15, 0.2) is 0 Å². The largest absolute Gasteiger partial charge is 0.481 e. The average Bonchev–Trinajstić information content (AvgIpc) is 2.65. The van der Waals surface area contributed by atoms with Crippen molar-refractivity contribution in [3.63, 3.8) is 0 Å². The lowest BCUT2D eigenvalue weighted by molar-refractivity contribution is -0.139. The van der Waals surface area contributed by atoms with E-state index in [2.05, 4.69) is 10.6 Å². The predicted molar refractivity (Wildman–Crippen MR) is 64.8 cm³/mol. The normalized spacial score (nSPS) is 17.9. The molecule has 1 aliphatic carbocycles. The van der Waals surface area contributed by atoms with E-state index in [9.17, 15) is 9.59 Å². The van der Waals surface area contributed by atoms with E-state index in [1.54, 1.807) is 0 Å². The molecule has 1 fully saturated rings. The summed E-state index contributed by atoms with van der Waals surface area (Å²) in [5.74, 6) is -0.935. The zero-order chi connectivity index (χ0) is 12.7. The Morgan fingerprint density at radius 3 is 2.47 bits per heavy atom. The Balaban J connectivity index is 2.43. The summed E-state index contributed by atoms with van der Waals surface area (Å²) in [6.45, 7) is 3.11. The maximum atomic E-state index is 11.7. The Labute approximate surface area is 102 Å². The number of rotatable bonds is 7. The highest BCUT2D eigenvalue weighted by atomic mass is 16.4. The topological polar surface area (TPSA) is 78.4 Å². The molecule has 1 rings (SSSR count). The maximum Gasteiger partial charge on any atom is 0.305 e. The molecule has 0 atom stereocenters. The molecule has 0 unspecified atom stereocenters. The Bertz CT molecular complexity index is 273. The third-order valence-electron chi connectivity index (χ3n) is 3.17. The molecule has 0 saturated heterocycles. The van der Waals surface area contributed by atoms with Gasteiger partial charge in [-0.25, -0.2) is 0 Å². The molecule has 1 saturated carbocycles. The minimum Gasteiger partial charge on any atom is -0.481 e. The van der Waals surface area contributed by atoms with E-state index in [4.69, 9.17) is 5.11 Å². The van der Waals surface area contributed by atoms with Gasteiger partial charge in [-0.1, -0.05) is 19.8 Å². The van der Waals surface area contributed by atoms with Crippen LogP contribution in [0.3, 0.4) is 0 Å². The van der Waals surface area contributed by atoms with Gasteiger partial charge in [0.05, 0.1) is 18.5 Å². The van der Waals surface area contributed by atoms with Crippen LogP contribution in [0.25, 0.3) is 0 Å². The summed E-state index contributed by atoms with van der Waals surface area (Å²) in [5, 5.41) is 14.8. The summed E-state index contributed by atoms with van der Waals surface area (Å²) in [6.07, 6.45) is 4.56. The fourth-order valence-corrected chi connectivity index (χ4v) is 2.41. The Hall–Kier alpha value is -1.10. The quantitative estimate of drug-likeness (QED) is 0.579. The van der Waals surface area contributed by atoms with Gasteiger partial charge in [-0.3, -0.25) is 9.59 Å². The van der Waals surface area contributed by atoms with Crippen LogP contribution in [0.4, 0.5) is 0 Å². The van der Waals surface area contributed by atoms with Crippen LogP contribution in [-0.2, 0) is 9.59 Å². The molecule has 0 spiro atoms. The standard InChI is InChI=1S/C12H22N2O3/c1-2-7-13-9-10(15)14-12(8-11(16)17)5-3-4-6-12/h13H,2-9H2,1H3,(H,14,15)(H,16,17). The fourth-order valence-electron chi connectivity index (χ4n) is 2.41. The van der Waals surface area contributed by atoms with Crippen LogP contribution >= 0.6 is 0 Å². The Morgan fingerprint density at radius 2 is 1.94 bits per heavy atom. The van der Waals surface area contributed by atoms with Crippen molar-refractivity contribution in [1.29, 1.82) is 0 Å². The van der Waals surface area contributed by atoms with Crippen molar-refractivity contribution in [2.75, 3.05) is 13.1 Å². The smallest absolute Gasteiger partial charge is 0.305 e. The second-order valence-electron chi connectivity index (χ2n) is 4.78. The summed E-state index contributed by atoms with van der Waals surface area (Å²) in [4.78, 5) is 22.5. The Kier molecular flexibility index (Phi) is 5.41. The lowest BCUT2D eigenvalue weighted by Crippen LogP contribution is -2.50. The molecule has 0 aromatic heterocycles. The van der Waals surface area contributed by atoms with Crippen LogP contribution in [0, 0.1) is 0 Å². The van der Waals surface area contributed by atoms with Crippen LogP contribution in [-0.4, -0.2) is 35.6 Å². The molecule has 0 aromatic carbocycles. The molecule has 3 N–H and O–H groups in total. The second kappa shape index (κ2) is 6.59. The molecular formula is C12H22N2O3. The number of nitrogens with one attached hydrogen (secondary N) is 2. The molecular weight excluding hydrogens is 220 g/mol. The molecule has 0 aromatic rings. The van der Waals surface area contributed by atoms with Crippen molar-refractivity contribution in [2.45, 2.75) is 51.0 Å². The van der Waals surface area contributed by atoms with Crippen molar-refractivity contribution < 1.29 is 14.7 Å². The summed E-state index contributed by atoms with van der Waals surface area (Å²) in [6, 6.07) is 0. The highest BCUT2D eigenvalue weighted by Crippen LogP contribution is 2.32. The van der Waals surface area contributed by atoms with Crippen LogP contribution in [0.15, 0.2) is 0 Å². The van der Waals surface area contributed by atoms with E-state index in [0.29, 0.717) is 0 Å². The first-order valence-corrected chi connectivity index (χ1v) is 6.31. The van der Waals surface area contributed by atoms with Crippen molar-refractivity contribution >= 4 is 11.9 Å². The van der Waals surface area contributed by atoms with E-state index in [1.807, 2.05) is 6.92 Å². The van der Waals surface area contributed by atoms with Gasteiger partial charge in [0.1, 0.15) is 0 Å². The minimum absolute atomic E-state index is 0.0342. The van der Waals surface area contributed by atoms with Crippen molar-refractivity contribution in [1.82, 2.24) is 10.6 Å². The summed E-state index contributed by atoms with van der Waals surface area (Å²) in [5.41, 5.74) is -0.503. The number of carbonyl (C=O) groups is 2. The fraction of sp³-hybridized carbons (Fsp3) is 0.833. The molecule has 17 heavy (non-hydrogen) atoms. The SMILES string of the molecule is CCCNCC(=O)NC1(CC(=O)O)CCCC1. The zero-order valence-electron chi connectivity index (χ0n) is 10.4. The summed E-state index contributed by atoms with van der Waals surface area (Å²) < 4.78 is 0. The van der Waals surface area contributed by atoms with Crippen LogP contribution in [0.5, 0.6) is 0 Å². The maximum absolute atomic E-state index is 11.7. The third kappa shape index (κ3) is 4.73. The molecule has 0 heterocycles. The van der Waals surface area contributed by atoms with E-state index >= 15 is 0 Å². The number of hydrogen-bond acceptors (Lipinski definition) is 3. The molecule has 1 aliphatic rings. The zero-order valence-corrected chi connectivity index (χ0v) is 10.4. The van der Waals surface area contributed by atoms with Gasteiger partial charge < -0.3 is 15.7 Å². The van der Waals surface area contributed by atoms with E-state index in [0.717, 1.165) is 38.6 Å². The molecule has 0 aliphatic heterocycles. The van der Waals surface area contributed by atoms with Gasteiger partial charge in [-0.05, 0) is 25.8 Å². The molecule has 5 heteroatoms. The first-order chi connectivity index (χ1) is 8.08. The Morgan fingerprint density at radius 1 is 1.29 bits per heavy atom. The molecule has 1 amide bonds. The molecule has 0 bridgehead atoms. The number of carbonyl (C=O) groups excluding carboxylic acids is 1. The van der Waals surface area contributed by atoms with Crippen LogP contribution < -0.4 is 10.6 Å². The number of carboxylic acids is 1. The summed E-state index contributed by atoms with van der Waals surface area (Å²) in [7, 11) is 0. The van der Waals surface area contributed by atoms with E-state index < -0.39 is 11.5 Å². The van der Waals surface area contributed by atoms with Crippen LogP contribution in [0.2, 0.25) is 0 Å². The van der Waals surface area contributed by atoms with Gasteiger partial charge in [-0.15, -0.1) is 0 Å². The van der Waals surface area contributed by atoms with Crippen molar-refractivity contribution in [3.8, 4) is 0 Å². The van der Waals surface area contributed by atoms with Crippen molar-refractivity contribution in [2.24, 2.45) is 0 Å². The molecule has 5 nitrogen and oxygen atoms in total. The van der Waals surface area contributed by atoms with Crippen LogP contribution in [0.1, 0.15) is 45.4 Å². The first kappa shape index (κ1) is 14.0. The summed E-state index contributed by atoms with van der Waals surface area (Å²) >= 11 is 0. The highest BCUT2D eigenvalue weighted by molar-refractivity contribution is 5.80. The number of amides is 1. The van der Waals surface area contributed by atoms with Gasteiger partial charge >= 0.3 is 5.97 Å². The monoisotopic (exact) mass is 242 g/mol. The second-order valence-corrected chi connectivity index (χ2v) is 4.78. The van der Waals surface area contributed by atoms with Crippen molar-refractivity contribution in [3.05, 3.63) is 0 Å². The molecule has 0 radical (unpaired) electrons. The number of hydrogen-bond donors (Lipinski definition) is 3. The third-order valence-corrected chi connectivity index (χ3v) is 3.17. The lowest BCUT2D eigenvalue weighted by Gasteiger charge is -2.28. The highest BCUT2D eigenvalue weighted by Gasteiger charge is 2.37. The minimum atomic E-state index is -0.839. The first-order valence-electron chi connectivity index (χ1n) is 6.31. The van der Waals surface area contributed by atoms with E-state index in [-0.39, 0.29) is 18.9 Å². The lowest BCUT2D eigenvalue weighted by atomic mass is 9.93. The van der Waals surface area contributed by atoms with Gasteiger partial charge in [0.2, 0.25) is 5.91 Å². The number of carboxylic acid groups (broad SMARTS) is 1. The van der Waals surface area contributed by atoms with Gasteiger partial charge in [0.25, 0.3) is 0 Å². The average molecular weight is 242 g/mol. The predicted octanol–water partition coefficient (Wildman–Crippen LogP) is 0.890. The number of aliphatic carboxylic acids is 1. The van der Waals surface area contributed by atoms with Gasteiger partial charge in [0, 0.05) is 0 Å². The molecule has 98 valence electrons. The van der Waals surface area contributed by atoms with E-state index in [1.165, 1.54) is 0 Å².